The van der Waals surface area contributed by atoms with Crippen molar-refractivity contribution in [3.05, 3.63) is 17.7 Å². The summed E-state index contributed by atoms with van der Waals surface area (Å²) in [6.07, 6.45) is 3.51. The van der Waals surface area contributed by atoms with Crippen LogP contribution in [0.5, 0.6) is 5.75 Å². The first-order valence-electron chi connectivity index (χ1n) is 9.75. The van der Waals surface area contributed by atoms with E-state index in [9.17, 15) is 0 Å². The van der Waals surface area contributed by atoms with Gasteiger partial charge < -0.3 is 14.4 Å². The first kappa shape index (κ1) is 15.6. The van der Waals surface area contributed by atoms with Crippen molar-refractivity contribution in [3.63, 3.8) is 0 Å². The Morgan fingerprint density at radius 1 is 1.15 bits per heavy atom. The van der Waals surface area contributed by atoms with Crippen LogP contribution < -0.4 is 15.0 Å². The minimum atomic E-state index is 0.526. The third-order valence-electron chi connectivity index (χ3n) is 6.45. The van der Waals surface area contributed by atoms with Crippen molar-refractivity contribution in [2.24, 2.45) is 0 Å². The molecular weight excluding hydrogens is 348 g/mol. The maximum atomic E-state index is 5.73. The lowest BCUT2D eigenvalue weighted by atomic mass is 10.1. The molecule has 26 heavy (non-hydrogen) atoms. The number of hydrogen-bond acceptors (Lipinski definition) is 7. The smallest absolute Gasteiger partial charge is 0.187 e. The first-order chi connectivity index (χ1) is 12.9. The summed E-state index contributed by atoms with van der Waals surface area (Å²) in [7, 11) is 0. The van der Waals surface area contributed by atoms with Crippen molar-refractivity contribution in [1.29, 1.82) is 0 Å². The lowest BCUT2D eigenvalue weighted by molar-refractivity contribution is 0.0149. The van der Waals surface area contributed by atoms with Gasteiger partial charge in [0.25, 0.3) is 0 Å². The molecular formula is C19H24N4O2S. The fourth-order valence-electron chi connectivity index (χ4n) is 5.21. The molecule has 6 rings (SSSR count). The molecule has 138 valence electrons. The summed E-state index contributed by atoms with van der Waals surface area (Å²) < 4.78 is 12.6. The van der Waals surface area contributed by atoms with Crippen LogP contribution in [-0.4, -0.2) is 67.6 Å². The van der Waals surface area contributed by atoms with E-state index in [1.54, 1.807) is 0 Å². The van der Waals surface area contributed by atoms with Crippen LogP contribution in [0, 0.1) is 0 Å². The Kier molecular flexibility index (Phi) is 3.64. The zero-order chi connectivity index (χ0) is 17.1. The molecule has 2 saturated heterocycles. The molecule has 0 bridgehead atoms. The minimum Gasteiger partial charge on any atom is -0.493 e. The molecule has 7 heteroatoms. The highest BCUT2D eigenvalue weighted by molar-refractivity contribution is 7.22. The van der Waals surface area contributed by atoms with Gasteiger partial charge in [0, 0.05) is 37.2 Å². The Bertz CT molecular complexity index is 834. The van der Waals surface area contributed by atoms with E-state index in [0.29, 0.717) is 18.1 Å². The van der Waals surface area contributed by atoms with Crippen LogP contribution in [0.25, 0.3) is 10.2 Å². The lowest BCUT2D eigenvalue weighted by Crippen LogP contribution is -2.52. The van der Waals surface area contributed by atoms with Crippen molar-refractivity contribution < 1.29 is 9.47 Å². The fourth-order valence-corrected chi connectivity index (χ4v) is 6.25. The van der Waals surface area contributed by atoms with Gasteiger partial charge in [0.05, 0.1) is 42.7 Å². The molecule has 6 nitrogen and oxygen atoms in total. The molecule has 1 aromatic carbocycles. The number of rotatable bonds is 2. The van der Waals surface area contributed by atoms with E-state index < -0.39 is 0 Å². The average Bonchev–Trinajstić information content (AvgIpc) is 3.42. The largest absolute Gasteiger partial charge is 0.493 e. The van der Waals surface area contributed by atoms with Crippen LogP contribution in [0.4, 0.5) is 5.13 Å². The van der Waals surface area contributed by atoms with E-state index >= 15 is 0 Å². The van der Waals surface area contributed by atoms with Crippen molar-refractivity contribution in [1.82, 2.24) is 15.2 Å². The molecule has 1 saturated carbocycles. The number of morpholine rings is 1. The number of ether oxygens (including phenoxy) is 2. The van der Waals surface area contributed by atoms with Crippen LogP contribution in [-0.2, 0) is 11.2 Å². The zero-order valence-electron chi connectivity index (χ0n) is 14.8. The fraction of sp³-hybridized carbons (Fsp3) is 0.632. The van der Waals surface area contributed by atoms with Crippen molar-refractivity contribution in [3.8, 4) is 5.75 Å². The summed E-state index contributed by atoms with van der Waals surface area (Å²) in [6.45, 7) is 5.56. The molecule has 3 atom stereocenters. The molecule has 0 unspecified atom stereocenters. The molecule has 0 spiro atoms. The SMILES string of the molecule is c1cc2sc(N3CN[C@@H]4CC[C@@H](N5CCOCC5)[C@@H]43)nc2c2c1OCC2. The topological polar surface area (TPSA) is 49.9 Å². The van der Waals surface area contributed by atoms with Gasteiger partial charge in [-0.3, -0.25) is 10.2 Å². The number of fused-ring (bicyclic) bond motifs is 4. The van der Waals surface area contributed by atoms with Gasteiger partial charge in [-0.1, -0.05) is 11.3 Å². The van der Waals surface area contributed by atoms with Crippen LogP contribution in [0.1, 0.15) is 18.4 Å². The van der Waals surface area contributed by atoms with Gasteiger partial charge in [0.1, 0.15) is 5.75 Å². The standard InChI is InChI=1S/C19H24N4O2S/c1-2-14(22-6-9-24-10-7-22)18-13(1)20-11-23(18)19-21-17-12-5-8-25-15(12)3-4-16(17)26-19/h3-4,13-14,18,20H,1-2,5-11H2/t13-,14-,18-/m1/s1. The Morgan fingerprint density at radius 2 is 2.08 bits per heavy atom. The van der Waals surface area contributed by atoms with Crippen molar-refractivity contribution in [2.45, 2.75) is 37.4 Å². The molecule has 4 aliphatic rings. The number of aromatic nitrogens is 1. The molecule has 1 aliphatic carbocycles. The predicted octanol–water partition coefficient (Wildman–Crippen LogP) is 1.83. The number of nitrogens with zero attached hydrogens (tertiary/aromatic N) is 3. The normalized spacial score (nSPS) is 31.4. The zero-order valence-corrected chi connectivity index (χ0v) is 15.6. The Balaban J connectivity index is 1.35. The summed E-state index contributed by atoms with van der Waals surface area (Å²) in [6, 6.07) is 6.02. The predicted molar refractivity (Wildman–Crippen MR) is 102 cm³/mol. The molecule has 4 heterocycles. The Morgan fingerprint density at radius 3 is 3.00 bits per heavy atom. The van der Waals surface area contributed by atoms with Crippen molar-refractivity contribution in [2.75, 3.05) is 44.5 Å². The Hall–Kier alpha value is -1.41. The van der Waals surface area contributed by atoms with Crippen LogP contribution in [0.3, 0.4) is 0 Å². The molecule has 0 radical (unpaired) electrons. The van der Waals surface area contributed by atoms with Crippen LogP contribution in [0.15, 0.2) is 12.1 Å². The summed E-state index contributed by atoms with van der Waals surface area (Å²) in [5, 5.41) is 4.91. The number of hydrogen-bond donors (Lipinski definition) is 1. The van der Waals surface area contributed by atoms with Crippen LogP contribution in [0.2, 0.25) is 0 Å². The molecule has 1 aromatic heterocycles. The first-order valence-corrected chi connectivity index (χ1v) is 10.6. The quantitative estimate of drug-likeness (QED) is 0.868. The second-order valence-corrected chi connectivity index (χ2v) is 8.72. The highest BCUT2D eigenvalue weighted by Crippen LogP contribution is 2.41. The number of anilines is 1. The van der Waals surface area contributed by atoms with E-state index in [4.69, 9.17) is 14.5 Å². The summed E-state index contributed by atoms with van der Waals surface area (Å²) in [4.78, 5) is 10.3. The van der Waals surface area contributed by atoms with Gasteiger partial charge in [-0.2, -0.15) is 0 Å². The molecule has 2 aromatic rings. The third kappa shape index (κ3) is 2.30. The van der Waals surface area contributed by atoms with Gasteiger partial charge >= 0.3 is 0 Å². The lowest BCUT2D eigenvalue weighted by Gasteiger charge is -2.38. The van der Waals surface area contributed by atoms with E-state index in [-0.39, 0.29) is 0 Å². The number of benzene rings is 1. The highest BCUT2D eigenvalue weighted by Gasteiger charge is 2.47. The van der Waals surface area contributed by atoms with E-state index in [1.807, 2.05) is 11.3 Å². The van der Waals surface area contributed by atoms with Crippen molar-refractivity contribution >= 4 is 26.7 Å². The van der Waals surface area contributed by atoms with Gasteiger partial charge in [-0.25, -0.2) is 4.98 Å². The van der Waals surface area contributed by atoms with E-state index in [1.165, 1.54) is 28.2 Å². The highest BCUT2D eigenvalue weighted by atomic mass is 32.1. The molecule has 0 amide bonds. The molecule has 3 aliphatic heterocycles. The van der Waals surface area contributed by atoms with E-state index in [2.05, 4.69) is 27.2 Å². The third-order valence-corrected chi connectivity index (χ3v) is 7.50. The average molecular weight is 372 g/mol. The number of thiazole rings is 1. The summed E-state index contributed by atoms with van der Waals surface area (Å²) in [5.41, 5.74) is 2.45. The van der Waals surface area contributed by atoms with Crippen LogP contribution >= 0.6 is 11.3 Å². The van der Waals surface area contributed by atoms with Gasteiger partial charge in [0.15, 0.2) is 5.13 Å². The summed E-state index contributed by atoms with van der Waals surface area (Å²) >= 11 is 1.83. The second-order valence-electron chi connectivity index (χ2n) is 7.71. The van der Waals surface area contributed by atoms with Gasteiger partial charge in [-0.15, -0.1) is 0 Å². The molecule has 3 fully saturated rings. The maximum Gasteiger partial charge on any atom is 0.187 e. The summed E-state index contributed by atoms with van der Waals surface area (Å²) in [5.74, 6) is 1.03. The number of nitrogens with one attached hydrogen (secondary N) is 1. The monoisotopic (exact) mass is 372 g/mol. The van der Waals surface area contributed by atoms with Gasteiger partial charge in [-0.05, 0) is 25.0 Å². The Labute approximate surface area is 157 Å². The van der Waals surface area contributed by atoms with Gasteiger partial charge in [0.2, 0.25) is 0 Å². The van der Waals surface area contributed by atoms with E-state index in [0.717, 1.165) is 57.3 Å². The maximum absolute atomic E-state index is 5.73. The minimum absolute atomic E-state index is 0.526. The second kappa shape index (κ2) is 6.05. The molecule has 1 N–H and O–H groups in total.